The van der Waals surface area contributed by atoms with E-state index in [1.807, 2.05) is 52.9 Å². The highest BCUT2D eigenvalue weighted by molar-refractivity contribution is 8.93. The Morgan fingerprint density at radius 2 is 1.61 bits per heavy atom. The lowest BCUT2D eigenvalue weighted by Crippen LogP contribution is -2.48. The largest absolute Gasteiger partial charge is 0.497 e. The van der Waals surface area contributed by atoms with Gasteiger partial charge in [-0.2, -0.15) is 0 Å². The molecule has 0 unspecified atom stereocenters. The summed E-state index contributed by atoms with van der Waals surface area (Å²) in [6, 6.07) is 23.7. The number of pyridine rings is 1. The number of fused-ring (bicyclic) bond motifs is 1. The highest BCUT2D eigenvalue weighted by atomic mass is 79.9. The van der Waals surface area contributed by atoms with Gasteiger partial charge in [-0.25, -0.2) is 4.98 Å². The van der Waals surface area contributed by atoms with Gasteiger partial charge in [0.25, 0.3) is 11.8 Å². The fourth-order valence-electron chi connectivity index (χ4n) is 5.33. The maximum absolute atomic E-state index is 13.5. The van der Waals surface area contributed by atoms with Gasteiger partial charge in [0.2, 0.25) is 5.88 Å². The van der Waals surface area contributed by atoms with Gasteiger partial charge < -0.3 is 24.3 Å². The molecule has 0 spiro atoms. The van der Waals surface area contributed by atoms with Gasteiger partial charge >= 0.3 is 0 Å². The third-order valence-electron chi connectivity index (χ3n) is 7.86. The summed E-state index contributed by atoms with van der Waals surface area (Å²) in [6.07, 6.45) is 1.51. The first kappa shape index (κ1) is 33.3. The summed E-state index contributed by atoms with van der Waals surface area (Å²) in [7, 11) is 3.57. The van der Waals surface area contributed by atoms with Crippen molar-refractivity contribution in [3.63, 3.8) is 0 Å². The number of methoxy groups -OCH3 is 1. The lowest BCUT2D eigenvalue weighted by molar-refractivity contribution is 0.0619. The SMILES string of the molecule is Br.COc1ccc(CN2CCN(C(=O)c3cc4cc(Oc5ccc(NC(=O)c6ccc(Cl)c(Cl)c6)cn5)ccc4n3C)CC2)cc1. The molecule has 0 aliphatic carbocycles. The molecule has 0 bridgehead atoms. The fraction of sp³-hybridized carbons (Fsp3) is 0.206. The van der Waals surface area contributed by atoms with Crippen molar-refractivity contribution in [1.82, 2.24) is 19.4 Å². The second-order valence-electron chi connectivity index (χ2n) is 10.8. The molecule has 6 rings (SSSR count). The molecule has 1 aliphatic rings. The van der Waals surface area contributed by atoms with Crippen LogP contribution in [0.3, 0.4) is 0 Å². The van der Waals surface area contributed by atoms with Crippen LogP contribution in [-0.2, 0) is 13.6 Å². The van der Waals surface area contributed by atoms with E-state index in [1.165, 1.54) is 17.8 Å². The molecule has 12 heteroatoms. The summed E-state index contributed by atoms with van der Waals surface area (Å²) in [6.45, 7) is 3.80. The molecule has 9 nitrogen and oxygen atoms in total. The number of nitrogens with one attached hydrogen (secondary N) is 1. The van der Waals surface area contributed by atoms with Crippen molar-refractivity contribution < 1.29 is 19.1 Å². The minimum Gasteiger partial charge on any atom is -0.497 e. The van der Waals surface area contributed by atoms with Crippen LogP contribution < -0.4 is 14.8 Å². The lowest BCUT2D eigenvalue weighted by Gasteiger charge is -2.34. The summed E-state index contributed by atoms with van der Waals surface area (Å²) in [5.41, 5.74) is 3.66. The number of carbonyl (C=O) groups excluding carboxylic acids is 2. The highest BCUT2D eigenvalue weighted by Crippen LogP contribution is 2.28. The number of rotatable bonds is 8. The first-order valence-electron chi connectivity index (χ1n) is 14.4. The van der Waals surface area contributed by atoms with E-state index >= 15 is 0 Å². The molecule has 0 saturated carbocycles. The topological polar surface area (TPSA) is 88.9 Å². The number of ether oxygens (including phenoxy) is 2. The maximum atomic E-state index is 13.5. The van der Waals surface area contributed by atoms with Gasteiger partial charge in [-0.15, -0.1) is 17.0 Å². The zero-order valence-electron chi connectivity index (χ0n) is 25.2. The second-order valence-corrected chi connectivity index (χ2v) is 11.6. The third-order valence-corrected chi connectivity index (χ3v) is 8.60. The first-order chi connectivity index (χ1) is 21.8. The predicted molar refractivity (Wildman–Crippen MR) is 186 cm³/mol. The van der Waals surface area contributed by atoms with Crippen LogP contribution in [0.15, 0.2) is 85.1 Å². The first-order valence-corrected chi connectivity index (χ1v) is 15.2. The number of anilines is 1. The minimum absolute atomic E-state index is 0. The molecule has 5 aromatic rings. The average molecular weight is 725 g/mol. The summed E-state index contributed by atoms with van der Waals surface area (Å²) in [4.78, 5) is 34.7. The third kappa shape index (κ3) is 7.47. The van der Waals surface area contributed by atoms with Gasteiger partial charge in [-0.1, -0.05) is 35.3 Å². The van der Waals surface area contributed by atoms with Crippen LogP contribution in [-0.4, -0.2) is 64.5 Å². The molecule has 46 heavy (non-hydrogen) atoms. The molecule has 1 N–H and O–H groups in total. The number of carbonyl (C=O) groups is 2. The number of benzene rings is 3. The Balaban J connectivity index is 0.00000417. The van der Waals surface area contributed by atoms with Gasteiger partial charge in [0.05, 0.1) is 29.0 Å². The van der Waals surface area contributed by atoms with Crippen LogP contribution in [0.25, 0.3) is 10.9 Å². The van der Waals surface area contributed by atoms with Crippen molar-refractivity contribution >= 4 is 68.6 Å². The van der Waals surface area contributed by atoms with Crippen molar-refractivity contribution in [3.8, 4) is 17.4 Å². The Morgan fingerprint density at radius 3 is 2.28 bits per heavy atom. The number of halogens is 3. The van der Waals surface area contributed by atoms with Crippen molar-refractivity contribution in [3.05, 3.63) is 112 Å². The molecule has 3 aromatic carbocycles. The molecule has 238 valence electrons. The Labute approximate surface area is 287 Å². The molecule has 0 atom stereocenters. The van der Waals surface area contributed by atoms with Crippen LogP contribution in [0.1, 0.15) is 26.4 Å². The minimum atomic E-state index is -0.334. The van der Waals surface area contributed by atoms with E-state index in [0.29, 0.717) is 51.7 Å². The number of nitrogens with zero attached hydrogens (tertiary/aromatic N) is 4. The van der Waals surface area contributed by atoms with Crippen LogP contribution >= 0.6 is 40.2 Å². The molecule has 2 aromatic heterocycles. The molecule has 1 fully saturated rings. The number of aryl methyl sites for hydroxylation is 1. The van der Waals surface area contributed by atoms with E-state index in [0.717, 1.165) is 36.3 Å². The van der Waals surface area contributed by atoms with Crippen LogP contribution in [0.5, 0.6) is 17.4 Å². The Bertz CT molecular complexity index is 1860. The molecule has 3 heterocycles. The van der Waals surface area contributed by atoms with Crippen molar-refractivity contribution in [2.24, 2.45) is 7.05 Å². The number of hydrogen-bond acceptors (Lipinski definition) is 6. The summed E-state index contributed by atoms with van der Waals surface area (Å²) in [5, 5.41) is 4.35. The van der Waals surface area contributed by atoms with Gasteiger partial charge in [-0.3, -0.25) is 14.5 Å². The van der Waals surface area contributed by atoms with Crippen LogP contribution in [0, 0.1) is 0 Å². The molecular formula is C34H32BrCl2N5O4. The van der Waals surface area contributed by atoms with Crippen molar-refractivity contribution in [1.29, 1.82) is 0 Å². The monoisotopic (exact) mass is 723 g/mol. The van der Waals surface area contributed by atoms with E-state index in [9.17, 15) is 9.59 Å². The highest BCUT2D eigenvalue weighted by Gasteiger charge is 2.25. The van der Waals surface area contributed by atoms with Gasteiger partial charge in [0.15, 0.2) is 0 Å². The van der Waals surface area contributed by atoms with E-state index in [1.54, 1.807) is 31.4 Å². The Morgan fingerprint density at radius 1 is 0.870 bits per heavy atom. The lowest BCUT2D eigenvalue weighted by atomic mass is 10.2. The van der Waals surface area contributed by atoms with Crippen LogP contribution in [0.2, 0.25) is 10.0 Å². The molecule has 0 radical (unpaired) electrons. The maximum Gasteiger partial charge on any atom is 0.270 e. The van der Waals surface area contributed by atoms with Gasteiger partial charge in [0.1, 0.15) is 17.2 Å². The molecule has 1 aliphatic heterocycles. The second kappa shape index (κ2) is 14.6. The predicted octanol–water partition coefficient (Wildman–Crippen LogP) is 7.47. The van der Waals surface area contributed by atoms with Crippen molar-refractivity contribution in [2.75, 3.05) is 38.6 Å². The standard InChI is InChI=1S/C34H31Cl2N5O4.BrH/c1-39-30-11-9-27(45-32-12-6-25(20-37-32)38-33(42)23-5-10-28(35)29(36)18-23)17-24(30)19-31(39)34(43)41-15-13-40(14-16-41)21-22-3-7-26(44-2)8-4-22;/h3-12,17-20H,13-16,21H2,1-2H3,(H,38,42);1H. The molecular weight excluding hydrogens is 693 g/mol. The Hall–Kier alpha value is -4.09. The number of amides is 2. The van der Waals surface area contributed by atoms with E-state index < -0.39 is 0 Å². The van der Waals surface area contributed by atoms with Gasteiger partial charge in [0, 0.05) is 62.3 Å². The smallest absolute Gasteiger partial charge is 0.270 e. The van der Waals surface area contributed by atoms with E-state index in [-0.39, 0.29) is 28.8 Å². The normalized spacial score (nSPS) is 13.3. The van der Waals surface area contributed by atoms with Crippen molar-refractivity contribution in [2.45, 2.75) is 6.54 Å². The summed E-state index contributed by atoms with van der Waals surface area (Å²) < 4.78 is 13.2. The summed E-state index contributed by atoms with van der Waals surface area (Å²) in [5.74, 6) is 1.47. The van der Waals surface area contributed by atoms with Crippen LogP contribution in [0.4, 0.5) is 5.69 Å². The van der Waals surface area contributed by atoms with E-state index in [2.05, 4.69) is 27.3 Å². The molecule has 1 saturated heterocycles. The zero-order valence-corrected chi connectivity index (χ0v) is 28.4. The summed E-state index contributed by atoms with van der Waals surface area (Å²) >= 11 is 12.0. The fourth-order valence-corrected chi connectivity index (χ4v) is 5.63. The number of hydrogen-bond donors (Lipinski definition) is 1. The zero-order chi connectivity index (χ0) is 31.5. The number of piperazine rings is 1. The van der Waals surface area contributed by atoms with E-state index in [4.69, 9.17) is 32.7 Å². The molecule has 2 amide bonds. The Kier molecular flexibility index (Phi) is 10.5. The number of aromatic nitrogens is 2. The average Bonchev–Trinajstić information content (AvgIpc) is 3.38. The van der Waals surface area contributed by atoms with Gasteiger partial charge in [-0.05, 0) is 66.2 Å². The quantitative estimate of drug-likeness (QED) is 0.179.